The van der Waals surface area contributed by atoms with Gasteiger partial charge in [0.05, 0.1) is 22.6 Å². The number of hydrogen-bond acceptors (Lipinski definition) is 6. The van der Waals surface area contributed by atoms with Gasteiger partial charge in [-0.2, -0.15) is 0 Å². The van der Waals surface area contributed by atoms with Crippen molar-refractivity contribution in [1.29, 1.82) is 0 Å². The Morgan fingerprint density at radius 1 is 0.923 bits per heavy atom. The predicted molar refractivity (Wildman–Crippen MR) is 99.1 cm³/mol. The largest absolute Gasteiger partial charge is 0.446 e. The summed E-state index contributed by atoms with van der Waals surface area (Å²) >= 11 is 0. The summed E-state index contributed by atoms with van der Waals surface area (Å²) in [6, 6.07) is 13.8. The molecule has 6 nitrogen and oxygen atoms in total. The minimum atomic E-state index is -1.31. The van der Waals surface area contributed by atoms with Gasteiger partial charge in [-0.1, -0.05) is 24.3 Å². The molecular formula is C20H17N3O3. The van der Waals surface area contributed by atoms with Crippen LogP contribution in [0.1, 0.15) is 22.3 Å². The van der Waals surface area contributed by atoms with Crippen LogP contribution in [-0.4, -0.2) is 11.8 Å². The molecule has 0 aromatic heterocycles. The van der Waals surface area contributed by atoms with Crippen molar-refractivity contribution in [3.63, 3.8) is 0 Å². The number of rotatable bonds is 0. The molecule has 2 aliphatic rings. The van der Waals surface area contributed by atoms with Crippen LogP contribution in [0.4, 0.5) is 11.4 Å². The first kappa shape index (κ1) is 15.0. The van der Waals surface area contributed by atoms with E-state index in [1.807, 2.05) is 18.2 Å². The number of nitrogens with two attached hydrogens (primary N) is 3. The van der Waals surface area contributed by atoms with E-state index in [1.54, 1.807) is 30.3 Å². The Bertz CT molecular complexity index is 1080. The Morgan fingerprint density at radius 3 is 2.46 bits per heavy atom. The van der Waals surface area contributed by atoms with E-state index in [2.05, 4.69) is 0 Å². The van der Waals surface area contributed by atoms with Gasteiger partial charge in [-0.25, -0.2) is 0 Å². The van der Waals surface area contributed by atoms with E-state index >= 15 is 0 Å². The summed E-state index contributed by atoms with van der Waals surface area (Å²) in [5.41, 5.74) is 20.5. The van der Waals surface area contributed by atoms with Crippen LogP contribution >= 0.6 is 0 Å². The summed E-state index contributed by atoms with van der Waals surface area (Å²) in [6.07, 6.45) is 0.0848. The van der Waals surface area contributed by atoms with Gasteiger partial charge in [0.1, 0.15) is 11.5 Å². The Kier molecular flexibility index (Phi) is 2.83. The average molecular weight is 347 g/mol. The number of carbonyl (C=O) groups excluding carboxylic acids is 1. The van der Waals surface area contributed by atoms with Crippen LogP contribution in [0.25, 0.3) is 10.8 Å². The molecule has 2 unspecified atom stereocenters. The van der Waals surface area contributed by atoms with Crippen LogP contribution in [0.2, 0.25) is 0 Å². The summed E-state index contributed by atoms with van der Waals surface area (Å²) < 4.78 is 12.6. The molecule has 1 heterocycles. The van der Waals surface area contributed by atoms with Crippen LogP contribution in [0, 0.1) is 0 Å². The van der Waals surface area contributed by atoms with Gasteiger partial charge in [0.15, 0.2) is 5.78 Å². The lowest BCUT2D eigenvalue weighted by atomic mass is 9.81. The predicted octanol–water partition coefficient (Wildman–Crippen LogP) is 2.54. The summed E-state index contributed by atoms with van der Waals surface area (Å²) in [7, 11) is 0. The molecular weight excluding hydrogens is 330 g/mol. The number of benzene rings is 3. The second-order valence-corrected chi connectivity index (χ2v) is 6.71. The fourth-order valence-corrected chi connectivity index (χ4v) is 3.95. The highest BCUT2D eigenvalue weighted by Gasteiger charge is 2.53. The van der Waals surface area contributed by atoms with Gasteiger partial charge in [-0.05, 0) is 24.3 Å². The minimum absolute atomic E-state index is 0.0848. The van der Waals surface area contributed by atoms with Crippen molar-refractivity contribution in [3.05, 3.63) is 59.7 Å². The van der Waals surface area contributed by atoms with E-state index in [9.17, 15) is 4.79 Å². The summed E-state index contributed by atoms with van der Waals surface area (Å²) in [4.78, 5) is 12.5. The number of anilines is 2. The third-order valence-corrected chi connectivity index (χ3v) is 5.17. The monoisotopic (exact) mass is 347 g/mol. The molecule has 0 saturated carbocycles. The standard InChI is InChI=1S/C20H17N3O3/c21-12-7-8-16-18-10(12)3-1-6-15(18)25-20(26-16)11-4-2-5-13(22)19(11)14(24)9-17(20)23/h1-8,17H,9,21-23H2. The molecule has 0 saturated heterocycles. The van der Waals surface area contributed by atoms with Crippen LogP contribution in [-0.2, 0) is 5.79 Å². The van der Waals surface area contributed by atoms with Crippen molar-refractivity contribution in [2.75, 3.05) is 11.5 Å². The molecule has 1 spiro atoms. The second-order valence-electron chi connectivity index (χ2n) is 6.71. The fraction of sp³-hybridized carbons (Fsp3) is 0.150. The zero-order chi connectivity index (χ0) is 18.1. The molecule has 6 heteroatoms. The zero-order valence-electron chi connectivity index (χ0n) is 13.9. The highest BCUT2D eigenvalue weighted by atomic mass is 16.7. The smallest absolute Gasteiger partial charge is 0.294 e. The highest BCUT2D eigenvalue weighted by Crippen LogP contribution is 2.50. The van der Waals surface area contributed by atoms with Gasteiger partial charge in [0.25, 0.3) is 5.79 Å². The van der Waals surface area contributed by atoms with Crippen molar-refractivity contribution in [1.82, 2.24) is 0 Å². The highest BCUT2D eigenvalue weighted by molar-refractivity contribution is 6.05. The number of nitrogen functional groups attached to an aromatic ring is 2. The van der Waals surface area contributed by atoms with E-state index in [-0.39, 0.29) is 12.2 Å². The van der Waals surface area contributed by atoms with Crippen LogP contribution in [0.5, 0.6) is 11.5 Å². The molecule has 26 heavy (non-hydrogen) atoms. The molecule has 3 aromatic rings. The first-order valence-electron chi connectivity index (χ1n) is 8.38. The normalized spacial score (nSPS) is 23.4. The Balaban J connectivity index is 1.80. The van der Waals surface area contributed by atoms with E-state index in [4.69, 9.17) is 26.7 Å². The fourth-order valence-electron chi connectivity index (χ4n) is 3.95. The zero-order valence-corrected chi connectivity index (χ0v) is 13.9. The number of ketones is 1. The maximum absolute atomic E-state index is 12.5. The number of ether oxygens (including phenoxy) is 2. The average Bonchev–Trinajstić information content (AvgIpc) is 2.63. The topological polar surface area (TPSA) is 114 Å². The molecule has 130 valence electrons. The van der Waals surface area contributed by atoms with Crippen molar-refractivity contribution in [3.8, 4) is 11.5 Å². The lowest BCUT2D eigenvalue weighted by Gasteiger charge is -2.45. The van der Waals surface area contributed by atoms with Gasteiger partial charge >= 0.3 is 0 Å². The van der Waals surface area contributed by atoms with Gasteiger partial charge in [-0.3, -0.25) is 4.79 Å². The molecule has 0 amide bonds. The molecule has 5 rings (SSSR count). The van der Waals surface area contributed by atoms with Crippen LogP contribution in [0.15, 0.2) is 48.5 Å². The maximum atomic E-state index is 12.5. The van der Waals surface area contributed by atoms with Crippen molar-refractivity contribution in [2.45, 2.75) is 18.2 Å². The third-order valence-electron chi connectivity index (χ3n) is 5.17. The first-order chi connectivity index (χ1) is 12.5. The Labute approximate surface area is 149 Å². The molecule has 0 radical (unpaired) electrons. The number of carbonyl (C=O) groups is 1. The van der Waals surface area contributed by atoms with Crippen molar-refractivity contribution >= 4 is 27.9 Å². The molecule has 3 aromatic carbocycles. The van der Waals surface area contributed by atoms with Gasteiger partial charge in [0, 0.05) is 23.2 Å². The summed E-state index contributed by atoms with van der Waals surface area (Å²) in [6.45, 7) is 0. The molecule has 2 atom stereocenters. The molecule has 1 aliphatic carbocycles. The summed E-state index contributed by atoms with van der Waals surface area (Å²) in [5.74, 6) is -0.177. The second kappa shape index (κ2) is 4.89. The Morgan fingerprint density at radius 2 is 1.65 bits per heavy atom. The molecule has 0 fully saturated rings. The quantitative estimate of drug-likeness (QED) is 0.539. The minimum Gasteiger partial charge on any atom is -0.446 e. The van der Waals surface area contributed by atoms with Crippen LogP contribution in [0.3, 0.4) is 0 Å². The Hall–Kier alpha value is -3.25. The third kappa shape index (κ3) is 1.76. The molecule has 6 N–H and O–H groups in total. The van der Waals surface area contributed by atoms with Gasteiger partial charge in [0.2, 0.25) is 0 Å². The van der Waals surface area contributed by atoms with Crippen molar-refractivity contribution < 1.29 is 14.3 Å². The van der Waals surface area contributed by atoms with Crippen LogP contribution < -0.4 is 26.7 Å². The number of hydrogen-bond donors (Lipinski definition) is 3. The molecule has 1 aliphatic heterocycles. The van der Waals surface area contributed by atoms with E-state index in [0.29, 0.717) is 34.0 Å². The van der Waals surface area contributed by atoms with E-state index in [1.165, 1.54) is 0 Å². The van der Waals surface area contributed by atoms with E-state index in [0.717, 1.165) is 10.8 Å². The van der Waals surface area contributed by atoms with Gasteiger partial charge in [-0.15, -0.1) is 0 Å². The summed E-state index contributed by atoms with van der Waals surface area (Å²) in [5, 5.41) is 1.65. The lowest BCUT2D eigenvalue weighted by molar-refractivity contribution is -0.147. The lowest BCUT2D eigenvalue weighted by Crippen LogP contribution is -2.58. The number of Topliss-reactive ketones (excluding diaryl/α,β-unsaturated/α-hetero) is 1. The number of fused-ring (bicyclic) bond motifs is 2. The molecule has 0 bridgehead atoms. The maximum Gasteiger partial charge on any atom is 0.294 e. The first-order valence-corrected chi connectivity index (χ1v) is 8.38. The van der Waals surface area contributed by atoms with Gasteiger partial charge < -0.3 is 26.7 Å². The van der Waals surface area contributed by atoms with Crippen molar-refractivity contribution in [2.24, 2.45) is 5.73 Å². The van der Waals surface area contributed by atoms with E-state index < -0.39 is 11.8 Å². The SMILES string of the molecule is Nc1cccc2c1C(=O)CC(N)C21Oc2cccc3c(N)ccc(c23)O1.